The second kappa shape index (κ2) is 4.19. The Morgan fingerprint density at radius 1 is 1.60 bits per heavy atom. The second-order valence-electron chi connectivity index (χ2n) is 2.77. The van der Waals surface area contributed by atoms with Crippen LogP contribution in [0.25, 0.3) is 0 Å². The van der Waals surface area contributed by atoms with Gasteiger partial charge >= 0.3 is 0 Å². The number of Topliss-reactive ketones (excluding diaryl/α,β-unsaturated/α-hetero) is 1. The van der Waals surface area contributed by atoms with E-state index in [1.807, 2.05) is 6.07 Å². The van der Waals surface area contributed by atoms with Crippen LogP contribution in [0.2, 0.25) is 0 Å². The first-order chi connectivity index (χ1) is 6.97. The molecule has 1 aromatic carbocycles. The highest BCUT2D eigenvalue weighted by atomic mass is 79.9. The molecule has 76 valence electrons. The number of carbonyl (C=O) groups excluding carboxylic acids is 1. The Labute approximate surface area is 93.6 Å². The van der Waals surface area contributed by atoms with Crippen LogP contribution in [-0.4, -0.2) is 10.7 Å². The quantitative estimate of drug-likeness (QED) is 0.469. The van der Waals surface area contributed by atoms with Gasteiger partial charge in [-0.3, -0.25) is 14.9 Å². The van der Waals surface area contributed by atoms with E-state index < -0.39 is 4.92 Å². The summed E-state index contributed by atoms with van der Waals surface area (Å²) < 4.78 is 0.189. The van der Waals surface area contributed by atoms with E-state index in [-0.39, 0.29) is 27.1 Å². The molecule has 5 nitrogen and oxygen atoms in total. The highest BCUT2D eigenvalue weighted by Crippen LogP contribution is 2.28. The lowest BCUT2D eigenvalue weighted by Crippen LogP contribution is -2.00. The summed E-state index contributed by atoms with van der Waals surface area (Å²) in [6.45, 7) is 1.26. The van der Waals surface area contributed by atoms with Crippen LogP contribution in [0.5, 0.6) is 0 Å². The Hall–Kier alpha value is -1.74. The van der Waals surface area contributed by atoms with Gasteiger partial charge in [-0.15, -0.1) is 0 Å². The van der Waals surface area contributed by atoms with Crippen LogP contribution in [-0.2, 0) is 0 Å². The standard InChI is InChI=1S/C9H5BrN2O3/c1-5(13)7-3-9(12(14)15)8(10)2-6(7)4-11/h2-3H,1H3. The van der Waals surface area contributed by atoms with Crippen molar-refractivity contribution in [1.82, 2.24) is 0 Å². The lowest BCUT2D eigenvalue weighted by Gasteiger charge is -2.01. The van der Waals surface area contributed by atoms with E-state index in [2.05, 4.69) is 15.9 Å². The summed E-state index contributed by atoms with van der Waals surface area (Å²) in [5.74, 6) is -0.373. The maximum atomic E-state index is 11.1. The lowest BCUT2D eigenvalue weighted by molar-refractivity contribution is -0.385. The zero-order valence-electron chi connectivity index (χ0n) is 7.65. The average Bonchev–Trinajstić information content (AvgIpc) is 2.16. The summed E-state index contributed by atoms with van der Waals surface area (Å²) in [5, 5.41) is 19.3. The summed E-state index contributed by atoms with van der Waals surface area (Å²) in [6, 6.07) is 4.19. The van der Waals surface area contributed by atoms with Crippen LogP contribution in [0.3, 0.4) is 0 Å². The van der Waals surface area contributed by atoms with Gasteiger partial charge in [-0.25, -0.2) is 0 Å². The summed E-state index contributed by atoms with van der Waals surface area (Å²) >= 11 is 2.97. The zero-order valence-corrected chi connectivity index (χ0v) is 9.24. The molecule has 0 spiro atoms. The van der Waals surface area contributed by atoms with Gasteiger partial charge in [-0.2, -0.15) is 5.26 Å². The fourth-order valence-corrected chi connectivity index (χ4v) is 1.57. The van der Waals surface area contributed by atoms with Crippen LogP contribution in [0.15, 0.2) is 16.6 Å². The molecule has 0 atom stereocenters. The molecular weight excluding hydrogens is 264 g/mol. The molecule has 0 N–H and O–H groups in total. The van der Waals surface area contributed by atoms with Gasteiger partial charge in [-0.1, -0.05) is 0 Å². The Morgan fingerprint density at radius 2 is 2.20 bits per heavy atom. The molecular formula is C9H5BrN2O3. The van der Waals surface area contributed by atoms with Crippen molar-refractivity contribution in [3.63, 3.8) is 0 Å². The molecule has 0 heterocycles. The van der Waals surface area contributed by atoms with Gasteiger partial charge in [0.25, 0.3) is 5.69 Å². The van der Waals surface area contributed by atoms with E-state index in [0.717, 1.165) is 6.07 Å². The van der Waals surface area contributed by atoms with Gasteiger partial charge in [0.2, 0.25) is 0 Å². The van der Waals surface area contributed by atoms with Gasteiger partial charge in [-0.05, 0) is 28.9 Å². The van der Waals surface area contributed by atoms with E-state index >= 15 is 0 Å². The summed E-state index contributed by atoms with van der Waals surface area (Å²) in [4.78, 5) is 21.1. The van der Waals surface area contributed by atoms with Crippen molar-refractivity contribution in [3.8, 4) is 6.07 Å². The van der Waals surface area contributed by atoms with Crippen molar-refractivity contribution >= 4 is 27.4 Å². The van der Waals surface area contributed by atoms with E-state index in [1.165, 1.54) is 13.0 Å². The number of carbonyl (C=O) groups is 1. The van der Waals surface area contributed by atoms with Crippen molar-refractivity contribution in [2.45, 2.75) is 6.92 Å². The summed E-state index contributed by atoms with van der Waals surface area (Å²) in [7, 11) is 0. The normalized spacial score (nSPS) is 9.40. The van der Waals surface area contributed by atoms with Gasteiger partial charge < -0.3 is 0 Å². The average molecular weight is 269 g/mol. The second-order valence-corrected chi connectivity index (χ2v) is 3.63. The number of benzene rings is 1. The topological polar surface area (TPSA) is 84.0 Å². The molecule has 0 saturated carbocycles. The predicted octanol–water partition coefficient (Wildman–Crippen LogP) is 2.43. The number of nitro groups is 1. The van der Waals surface area contributed by atoms with Crippen molar-refractivity contribution < 1.29 is 9.72 Å². The van der Waals surface area contributed by atoms with Crippen LogP contribution >= 0.6 is 15.9 Å². The smallest absolute Gasteiger partial charge is 0.284 e. The molecule has 0 aromatic heterocycles. The number of nitriles is 1. The third-order valence-corrected chi connectivity index (χ3v) is 2.42. The molecule has 0 saturated heterocycles. The maximum Gasteiger partial charge on any atom is 0.284 e. The Bertz CT molecular complexity index is 491. The molecule has 0 radical (unpaired) electrons. The first-order valence-electron chi connectivity index (χ1n) is 3.86. The third-order valence-electron chi connectivity index (χ3n) is 1.78. The van der Waals surface area contributed by atoms with E-state index in [4.69, 9.17) is 5.26 Å². The van der Waals surface area contributed by atoms with Crippen molar-refractivity contribution in [2.75, 3.05) is 0 Å². The number of rotatable bonds is 2. The molecule has 1 rings (SSSR count). The molecule has 6 heteroatoms. The summed E-state index contributed by atoms with van der Waals surface area (Å²) in [5.41, 5.74) is -0.0356. The number of ketones is 1. The number of hydrogen-bond acceptors (Lipinski definition) is 4. The molecule has 1 aromatic rings. The SMILES string of the molecule is CC(=O)c1cc([N+](=O)[O-])c(Br)cc1C#N. The van der Waals surface area contributed by atoms with Crippen LogP contribution in [0.1, 0.15) is 22.8 Å². The molecule has 0 aliphatic carbocycles. The van der Waals surface area contributed by atoms with E-state index in [1.54, 1.807) is 0 Å². The van der Waals surface area contributed by atoms with Crippen LogP contribution in [0, 0.1) is 21.4 Å². The van der Waals surface area contributed by atoms with Gasteiger partial charge in [0.15, 0.2) is 5.78 Å². The highest BCUT2D eigenvalue weighted by Gasteiger charge is 2.18. The lowest BCUT2D eigenvalue weighted by atomic mass is 10.0. The molecule has 0 aliphatic heterocycles. The van der Waals surface area contributed by atoms with Crippen molar-refractivity contribution in [2.24, 2.45) is 0 Å². The number of nitrogens with zero attached hydrogens (tertiary/aromatic N) is 2. The molecule has 0 fully saturated rings. The van der Waals surface area contributed by atoms with E-state index in [9.17, 15) is 14.9 Å². The summed E-state index contributed by atoms with van der Waals surface area (Å²) in [6.07, 6.45) is 0. The van der Waals surface area contributed by atoms with Crippen LogP contribution in [0.4, 0.5) is 5.69 Å². The molecule has 15 heavy (non-hydrogen) atoms. The first-order valence-corrected chi connectivity index (χ1v) is 4.65. The minimum Gasteiger partial charge on any atom is -0.294 e. The number of nitro benzene ring substituents is 1. The molecule has 0 unspecified atom stereocenters. The Balaban J connectivity index is 3.52. The fraction of sp³-hybridized carbons (Fsp3) is 0.111. The molecule has 0 bridgehead atoms. The molecule has 0 amide bonds. The van der Waals surface area contributed by atoms with Crippen LogP contribution < -0.4 is 0 Å². The van der Waals surface area contributed by atoms with Gasteiger partial charge in [0.05, 0.1) is 21.0 Å². The minimum atomic E-state index is -0.613. The van der Waals surface area contributed by atoms with E-state index in [0.29, 0.717) is 0 Å². The minimum absolute atomic E-state index is 0.0624. The maximum absolute atomic E-state index is 11.1. The zero-order chi connectivity index (χ0) is 11.6. The number of halogens is 1. The van der Waals surface area contributed by atoms with Gasteiger partial charge in [0, 0.05) is 11.6 Å². The largest absolute Gasteiger partial charge is 0.294 e. The number of hydrogen-bond donors (Lipinski definition) is 0. The fourth-order valence-electron chi connectivity index (χ4n) is 1.09. The van der Waals surface area contributed by atoms with Gasteiger partial charge in [0.1, 0.15) is 0 Å². The highest BCUT2D eigenvalue weighted by molar-refractivity contribution is 9.10. The predicted molar refractivity (Wildman–Crippen MR) is 55.5 cm³/mol. The Morgan fingerprint density at radius 3 is 2.60 bits per heavy atom. The van der Waals surface area contributed by atoms with Crippen molar-refractivity contribution in [1.29, 1.82) is 5.26 Å². The Kier molecular flexibility index (Phi) is 3.17. The third kappa shape index (κ3) is 2.19. The first kappa shape index (κ1) is 11.3. The molecule has 0 aliphatic rings. The van der Waals surface area contributed by atoms with Crippen molar-refractivity contribution in [3.05, 3.63) is 37.8 Å². The monoisotopic (exact) mass is 268 g/mol.